The third kappa shape index (κ3) is 5.33. The van der Waals surface area contributed by atoms with Gasteiger partial charge in [0.25, 0.3) is 5.91 Å². The lowest BCUT2D eigenvalue weighted by molar-refractivity contribution is 0.0928. The Morgan fingerprint density at radius 2 is 1.86 bits per heavy atom. The highest BCUT2D eigenvalue weighted by molar-refractivity contribution is 5.92. The fraction of sp³-hybridized carbons (Fsp3) is 0.688. The number of hydrogen-bond acceptors (Lipinski definition) is 4. The minimum atomic E-state index is -0.129. The smallest absolute Gasteiger partial charge is 0.270 e. The minimum Gasteiger partial charge on any atom is -0.350 e. The van der Waals surface area contributed by atoms with Crippen LogP contribution in [0.4, 0.5) is 5.95 Å². The Bertz CT molecular complexity index is 473. The lowest BCUT2D eigenvalue weighted by atomic mass is 10.1. The Kier molecular flexibility index (Phi) is 5.15. The predicted octanol–water partition coefficient (Wildman–Crippen LogP) is 3.14. The first-order valence-corrected chi connectivity index (χ1v) is 7.86. The van der Waals surface area contributed by atoms with Crippen LogP contribution >= 0.6 is 0 Å². The maximum atomic E-state index is 12.3. The third-order valence-corrected chi connectivity index (χ3v) is 3.57. The molecular weight excluding hydrogens is 264 g/mol. The average molecular weight is 290 g/mol. The zero-order valence-electron chi connectivity index (χ0n) is 13.3. The van der Waals surface area contributed by atoms with Gasteiger partial charge in [-0.3, -0.25) is 4.79 Å². The van der Waals surface area contributed by atoms with E-state index < -0.39 is 0 Å². The van der Waals surface area contributed by atoms with Crippen molar-refractivity contribution < 1.29 is 4.79 Å². The van der Waals surface area contributed by atoms with Crippen LogP contribution in [0.1, 0.15) is 69.8 Å². The van der Waals surface area contributed by atoms with Gasteiger partial charge in [-0.2, -0.15) is 0 Å². The summed E-state index contributed by atoms with van der Waals surface area (Å²) in [7, 11) is 0. The van der Waals surface area contributed by atoms with Crippen LogP contribution < -0.4 is 10.6 Å². The maximum absolute atomic E-state index is 12.3. The van der Waals surface area contributed by atoms with Gasteiger partial charge in [-0.15, -0.1) is 0 Å². The molecule has 2 N–H and O–H groups in total. The lowest BCUT2D eigenvalue weighted by Crippen LogP contribution is -2.35. The first-order chi connectivity index (χ1) is 9.94. The molecule has 0 bridgehead atoms. The second-order valence-electron chi connectivity index (χ2n) is 6.80. The Morgan fingerprint density at radius 1 is 1.19 bits per heavy atom. The van der Waals surface area contributed by atoms with Gasteiger partial charge in [-0.25, -0.2) is 9.97 Å². The molecule has 1 aliphatic carbocycles. The summed E-state index contributed by atoms with van der Waals surface area (Å²) < 4.78 is 0. The van der Waals surface area contributed by atoms with Crippen LogP contribution in [0.5, 0.6) is 0 Å². The monoisotopic (exact) mass is 290 g/mol. The van der Waals surface area contributed by atoms with E-state index in [4.69, 9.17) is 0 Å². The Morgan fingerprint density at radius 3 is 2.48 bits per heavy atom. The van der Waals surface area contributed by atoms with Crippen molar-refractivity contribution in [2.24, 2.45) is 0 Å². The average Bonchev–Trinajstić information content (AvgIpc) is 2.65. The van der Waals surface area contributed by atoms with E-state index in [0.29, 0.717) is 11.6 Å². The molecule has 0 radical (unpaired) electrons. The molecule has 0 unspecified atom stereocenters. The summed E-state index contributed by atoms with van der Waals surface area (Å²) in [5.74, 6) is 0.400. The molecule has 1 aliphatic rings. The van der Waals surface area contributed by atoms with Gasteiger partial charge in [-0.1, -0.05) is 25.7 Å². The van der Waals surface area contributed by atoms with E-state index in [1.54, 1.807) is 12.3 Å². The Labute approximate surface area is 127 Å². The normalized spacial score (nSPS) is 17.1. The van der Waals surface area contributed by atoms with Crippen molar-refractivity contribution in [1.29, 1.82) is 0 Å². The summed E-state index contributed by atoms with van der Waals surface area (Å²) in [6.07, 6.45) is 8.73. The number of rotatable bonds is 3. The second-order valence-corrected chi connectivity index (χ2v) is 6.80. The molecule has 1 fully saturated rings. The van der Waals surface area contributed by atoms with E-state index in [0.717, 1.165) is 12.8 Å². The molecule has 0 atom stereocenters. The number of nitrogens with zero attached hydrogens (tertiary/aromatic N) is 2. The van der Waals surface area contributed by atoms with Crippen molar-refractivity contribution in [3.8, 4) is 0 Å². The van der Waals surface area contributed by atoms with E-state index in [-0.39, 0.29) is 17.5 Å². The van der Waals surface area contributed by atoms with Gasteiger partial charge in [0, 0.05) is 17.8 Å². The summed E-state index contributed by atoms with van der Waals surface area (Å²) in [5.41, 5.74) is 0.303. The van der Waals surface area contributed by atoms with Crippen LogP contribution in [-0.4, -0.2) is 27.5 Å². The van der Waals surface area contributed by atoms with Crippen LogP contribution in [0.2, 0.25) is 0 Å². The van der Waals surface area contributed by atoms with Gasteiger partial charge in [0.2, 0.25) is 5.95 Å². The molecule has 5 heteroatoms. The first kappa shape index (κ1) is 15.7. The molecule has 5 nitrogen and oxygen atoms in total. The highest BCUT2D eigenvalue weighted by Crippen LogP contribution is 2.17. The number of hydrogen-bond donors (Lipinski definition) is 2. The third-order valence-electron chi connectivity index (χ3n) is 3.57. The summed E-state index contributed by atoms with van der Waals surface area (Å²) >= 11 is 0. The molecule has 1 aromatic heterocycles. The molecule has 0 aliphatic heterocycles. The van der Waals surface area contributed by atoms with E-state index in [1.165, 1.54) is 25.7 Å². The van der Waals surface area contributed by atoms with Crippen LogP contribution in [0, 0.1) is 0 Å². The van der Waals surface area contributed by atoms with E-state index in [9.17, 15) is 4.79 Å². The molecule has 0 aromatic carbocycles. The zero-order valence-corrected chi connectivity index (χ0v) is 13.3. The number of carbonyl (C=O) groups excluding carboxylic acids is 1. The molecule has 0 spiro atoms. The minimum absolute atomic E-state index is 0.0961. The summed E-state index contributed by atoms with van der Waals surface area (Å²) in [6, 6.07) is 1.95. The first-order valence-electron chi connectivity index (χ1n) is 7.86. The van der Waals surface area contributed by atoms with Gasteiger partial charge in [0.1, 0.15) is 5.69 Å². The number of carbonyl (C=O) groups is 1. The molecular formula is C16H26N4O. The number of anilines is 1. The maximum Gasteiger partial charge on any atom is 0.270 e. The van der Waals surface area contributed by atoms with Gasteiger partial charge < -0.3 is 10.6 Å². The summed E-state index contributed by atoms with van der Waals surface area (Å²) in [4.78, 5) is 20.8. The number of nitrogens with one attached hydrogen (secondary N) is 2. The summed E-state index contributed by atoms with van der Waals surface area (Å²) in [5, 5.41) is 6.30. The van der Waals surface area contributed by atoms with Gasteiger partial charge in [-0.05, 0) is 39.7 Å². The van der Waals surface area contributed by atoms with E-state index in [1.807, 2.05) is 20.8 Å². The SMILES string of the molecule is CC(C)(C)Nc1nccc(C(=O)NC2CCCCCC2)n1. The van der Waals surface area contributed by atoms with Crippen molar-refractivity contribution in [1.82, 2.24) is 15.3 Å². The molecule has 1 saturated carbocycles. The van der Waals surface area contributed by atoms with Gasteiger partial charge in [0.15, 0.2) is 0 Å². The van der Waals surface area contributed by atoms with Gasteiger partial charge in [0.05, 0.1) is 0 Å². The fourth-order valence-corrected chi connectivity index (χ4v) is 2.56. The highest BCUT2D eigenvalue weighted by atomic mass is 16.1. The molecule has 1 amide bonds. The number of aromatic nitrogens is 2. The largest absolute Gasteiger partial charge is 0.350 e. The predicted molar refractivity (Wildman–Crippen MR) is 84.4 cm³/mol. The molecule has 1 aromatic rings. The number of amides is 1. The van der Waals surface area contributed by atoms with Crippen LogP contribution in [-0.2, 0) is 0 Å². The topological polar surface area (TPSA) is 66.9 Å². The second kappa shape index (κ2) is 6.87. The van der Waals surface area contributed by atoms with E-state index in [2.05, 4.69) is 20.6 Å². The van der Waals surface area contributed by atoms with Crippen LogP contribution in [0.3, 0.4) is 0 Å². The quantitative estimate of drug-likeness (QED) is 0.839. The molecule has 0 saturated heterocycles. The Balaban J connectivity index is 2.00. The Hall–Kier alpha value is -1.65. The molecule has 1 heterocycles. The zero-order chi connectivity index (χ0) is 15.3. The molecule has 21 heavy (non-hydrogen) atoms. The fourth-order valence-electron chi connectivity index (χ4n) is 2.56. The van der Waals surface area contributed by atoms with Crippen molar-refractivity contribution >= 4 is 11.9 Å². The molecule has 2 rings (SSSR count). The highest BCUT2D eigenvalue weighted by Gasteiger charge is 2.18. The van der Waals surface area contributed by atoms with Gasteiger partial charge >= 0.3 is 0 Å². The molecule has 116 valence electrons. The van der Waals surface area contributed by atoms with Crippen molar-refractivity contribution in [3.05, 3.63) is 18.0 Å². The van der Waals surface area contributed by atoms with E-state index >= 15 is 0 Å². The van der Waals surface area contributed by atoms with Crippen molar-refractivity contribution in [3.63, 3.8) is 0 Å². The lowest BCUT2D eigenvalue weighted by Gasteiger charge is -2.20. The standard InChI is InChI=1S/C16H26N4O/c1-16(2,3)20-15-17-11-10-13(19-15)14(21)18-12-8-6-4-5-7-9-12/h10-12H,4-9H2,1-3H3,(H,18,21)(H,17,19,20). The summed E-state index contributed by atoms with van der Waals surface area (Å²) in [6.45, 7) is 6.11. The van der Waals surface area contributed by atoms with Crippen molar-refractivity contribution in [2.45, 2.75) is 70.9 Å². The van der Waals surface area contributed by atoms with Crippen LogP contribution in [0.25, 0.3) is 0 Å². The van der Waals surface area contributed by atoms with Crippen molar-refractivity contribution in [2.75, 3.05) is 5.32 Å². The van der Waals surface area contributed by atoms with Crippen LogP contribution in [0.15, 0.2) is 12.3 Å².